The quantitative estimate of drug-likeness (QED) is 0.789. The van der Waals surface area contributed by atoms with Gasteiger partial charge >= 0.3 is 12.3 Å². The van der Waals surface area contributed by atoms with E-state index in [4.69, 9.17) is 20.9 Å². The maximum Gasteiger partial charge on any atom is 0.416 e. The third-order valence-corrected chi connectivity index (χ3v) is 3.55. The number of benzene rings is 1. The molecule has 1 aliphatic rings. The highest BCUT2D eigenvalue weighted by Crippen LogP contribution is 2.38. The fraction of sp³-hybridized carbons (Fsp3) is 0.562. The predicted octanol–water partition coefficient (Wildman–Crippen LogP) is 3.26. The van der Waals surface area contributed by atoms with Crippen molar-refractivity contribution < 1.29 is 27.4 Å². The fourth-order valence-corrected chi connectivity index (χ4v) is 2.46. The minimum atomic E-state index is -4.54. The first-order valence-electron chi connectivity index (χ1n) is 7.77. The van der Waals surface area contributed by atoms with E-state index in [1.807, 2.05) is 0 Å². The summed E-state index contributed by atoms with van der Waals surface area (Å²) >= 11 is 0. The number of nitrogen functional groups attached to an aromatic ring is 2. The molecular weight excluding hydrogens is 339 g/mol. The molecule has 0 aromatic heterocycles. The van der Waals surface area contributed by atoms with Gasteiger partial charge in [-0.3, -0.25) is 0 Å². The molecule has 1 fully saturated rings. The lowest BCUT2D eigenvalue weighted by Gasteiger charge is -2.24. The summed E-state index contributed by atoms with van der Waals surface area (Å²) in [6, 6.07) is 1.57. The third-order valence-electron chi connectivity index (χ3n) is 3.55. The van der Waals surface area contributed by atoms with E-state index < -0.39 is 29.5 Å². The van der Waals surface area contributed by atoms with E-state index >= 15 is 0 Å². The van der Waals surface area contributed by atoms with Crippen molar-refractivity contribution >= 4 is 17.5 Å². The van der Waals surface area contributed by atoms with Crippen molar-refractivity contribution in [1.82, 2.24) is 4.90 Å². The van der Waals surface area contributed by atoms with Gasteiger partial charge in [0.05, 0.1) is 23.5 Å². The number of rotatable bonds is 2. The Kier molecular flexibility index (Phi) is 4.97. The first kappa shape index (κ1) is 19.0. The lowest BCUT2D eigenvalue weighted by atomic mass is 10.1. The van der Waals surface area contributed by atoms with Gasteiger partial charge in [0.25, 0.3) is 0 Å². The normalized spacial score (nSPS) is 18.3. The van der Waals surface area contributed by atoms with Gasteiger partial charge < -0.3 is 25.8 Å². The van der Waals surface area contributed by atoms with E-state index in [0.717, 1.165) is 12.1 Å². The minimum absolute atomic E-state index is 0.00374. The molecule has 0 spiro atoms. The van der Waals surface area contributed by atoms with Crippen LogP contribution in [-0.2, 0) is 10.9 Å². The molecule has 1 aromatic carbocycles. The standard InChI is InChI=1S/C16H22F3N3O3/c1-15(2,3)25-14(23)22-5-4-10(8-22)24-13-11(20)6-9(7-12(13)21)16(17,18)19/h6-7,10H,4-5,8,20-21H2,1-3H3/t10-/m1/s1. The Morgan fingerprint density at radius 1 is 1.20 bits per heavy atom. The Bertz CT molecular complexity index is 633. The summed E-state index contributed by atoms with van der Waals surface area (Å²) in [4.78, 5) is 13.5. The van der Waals surface area contributed by atoms with Crippen molar-refractivity contribution in [3.63, 3.8) is 0 Å². The van der Waals surface area contributed by atoms with Crippen LogP contribution in [0.4, 0.5) is 29.3 Å². The van der Waals surface area contributed by atoms with E-state index in [1.54, 1.807) is 20.8 Å². The van der Waals surface area contributed by atoms with Crippen molar-refractivity contribution in [2.75, 3.05) is 24.6 Å². The van der Waals surface area contributed by atoms with Crippen LogP contribution in [0.1, 0.15) is 32.8 Å². The van der Waals surface area contributed by atoms with E-state index in [1.165, 1.54) is 4.90 Å². The van der Waals surface area contributed by atoms with E-state index in [0.29, 0.717) is 13.0 Å². The van der Waals surface area contributed by atoms with Gasteiger partial charge in [-0.2, -0.15) is 13.2 Å². The van der Waals surface area contributed by atoms with E-state index in [9.17, 15) is 18.0 Å². The van der Waals surface area contributed by atoms with Gasteiger partial charge in [0.15, 0.2) is 5.75 Å². The minimum Gasteiger partial charge on any atom is -0.484 e. The molecule has 1 aliphatic heterocycles. The average molecular weight is 361 g/mol. The maximum absolute atomic E-state index is 12.7. The molecule has 0 saturated carbocycles. The molecule has 25 heavy (non-hydrogen) atoms. The summed E-state index contributed by atoms with van der Waals surface area (Å²) in [7, 11) is 0. The molecule has 0 bridgehead atoms. The molecule has 1 aromatic rings. The van der Waals surface area contributed by atoms with Crippen LogP contribution >= 0.6 is 0 Å². The van der Waals surface area contributed by atoms with Crippen molar-refractivity contribution in [2.45, 2.75) is 45.1 Å². The number of halogens is 3. The number of likely N-dealkylation sites (tertiary alicyclic amines) is 1. The number of anilines is 2. The van der Waals surface area contributed by atoms with Crippen molar-refractivity contribution in [3.8, 4) is 5.75 Å². The molecule has 1 amide bonds. The Balaban J connectivity index is 2.06. The van der Waals surface area contributed by atoms with Crippen molar-refractivity contribution in [1.29, 1.82) is 0 Å². The Morgan fingerprint density at radius 3 is 2.24 bits per heavy atom. The number of ether oxygens (including phenoxy) is 2. The summed E-state index contributed by atoms with van der Waals surface area (Å²) in [5.74, 6) is 0.00374. The highest BCUT2D eigenvalue weighted by Gasteiger charge is 2.34. The topological polar surface area (TPSA) is 90.8 Å². The molecule has 140 valence electrons. The summed E-state index contributed by atoms with van der Waals surface area (Å²) in [5, 5.41) is 0. The fourth-order valence-electron chi connectivity index (χ4n) is 2.46. The van der Waals surface area contributed by atoms with Crippen LogP contribution in [0.3, 0.4) is 0 Å². The molecule has 1 heterocycles. The lowest BCUT2D eigenvalue weighted by molar-refractivity contribution is -0.137. The van der Waals surface area contributed by atoms with Gasteiger partial charge in [-0.15, -0.1) is 0 Å². The average Bonchev–Trinajstić information content (AvgIpc) is 2.88. The molecule has 0 radical (unpaired) electrons. The van der Waals surface area contributed by atoms with Gasteiger partial charge in [0.2, 0.25) is 0 Å². The van der Waals surface area contributed by atoms with Gasteiger partial charge in [0, 0.05) is 13.0 Å². The SMILES string of the molecule is CC(C)(C)OC(=O)N1CC[C@@H](Oc2c(N)cc(C(F)(F)F)cc2N)C1. The number of amides is 1. The molecule has 0 aliphatic carbocycles. The number of carbonyl (C=O) groups excluding carboxylic acids is 1. The highest BCUT2D eigenvalue weighted by atomic mass is 19.4. The number of nitrogens with two attached hydrogens (primary N) is 2. The van der Waals surface area contributed by atoms with Crippen molar-refractivity contribution in [3.05, 3.63) is 17.7 Å². The third kappa shape index (κ3) is 4.83. The highest BCUT2D eigenvalue weighted by molar-refractivity contribution is 5.70. The zero-order valence-corrected chi connectivity index (χ0v) is 14.3. The summed E-state index contributed by atoms with van der Waals surface area (Å²) < 4.78 is 49.2. The number of hydrogen-bond acceptors (Lipinski definition) is 5. The molecule has 0 unspecified atom stereocenters. The van der Waals surface area contributed by atoms with Crippen LogP contribution in [0, 0.1) is 0 Å². The molecule has 4 N–H and O–H groups in total. The number of alkyl halides is 3. The molecule has 9 heteroatoms. The Hall–Kier alpha value is -2.32. The zero-order chi connectivity index (χ0) is 19.0. The summed E-state index contributed by atoms with van der Waals surface area (Å²) in [6.45, 7) is 5.95. The van der Waals surface area contributed by atoms with Crippen LogP contribution in [-0.4, -0.2) is 35.8 Å². The largest absolute Gasteiger partial charge is 0.484 e. The van der Waals surface area contributed by atoms with Crippen LogP contribution in [0.5, 0.6) is 5.75 Å². The molecule has 6 nitrogen and oxygen atoms in total. The van der Waals surface area contributed by atoms with E-state index in [-0.39, 0.29) is 23.7 Å². The number of hydrogen-bond donors (Lipinski definition) is 2. The maximum atomic E-state index is 12.7. The monoisotopic (exact) mass is 361 g/mol. The van der Waals surface area contributed by atoms with E-state index in [2.05, 4.69) is 0 Å². The first-order valence-corrected chi connectivity index (χ1v) is 7.77. The number of carbonyl (C=O) groups is 1. The Labute approximate surface area is 143 Å². The molecule has 2 rings (SSSR count). The second-order valence-corrected chi connectivity index (χ2v) is 6.94. The Morgan fingerprint density at radius 2 is 1.76 bits per heavy atom. The van der Waals surface area contributed by atoms with Crippen LogP contribution in [0.15, 0.2) is 12.1 Å². The first-order chi connectivity index (χ1) is 11.4. The van der Waals surface area contributed by atoms with Crippen molar-refractivity contribution in [2.24, 2.45) is 0 Å². The lowest BCUT2D eigenvalue weighted by Crippen LogP contribution is -2.36. The summed E-state index contributed by atoms with van der Waals surface area (Å²) in [6.07, 6.45) is -4.93. The second kappa shape index (κ2) is 6.53. The number of nitrogens with zero attached hydrogens (tertiary/aromatic N) is 1. The smallest absolute Gasteiger partial charge is 0.416 e. The predicted molar refractivity (Wildman–Crippen MR) is 87.1 cm³/mol. The zero-order valence-electron chi connectivity index (χ0n) is 14.3. The van der Waals surface area contributed by atoms with Gasteiger partial charge in [-0.25, -0.2) is 4.79 Å². The van der Waals surface area contributed by atoms with Gasteiger partial charge in [-0.05, 0) is 32.9 Å². The van der Waals surface area contributed by atoms with Crippen LogP contribution < -0.4 is 16.2 Å². The molecule has 1 saturated heterocycles. The molecular formula is C16H22F3N3O3. The van der Waals surface area contributed by atoms with Crippen LogP contribution in [0.2, 0.25) is 0 Å². The molecule has 1 atom stereocenters. The van der Waals surface area contributed by atoms with Gasteiger partial charge in [-0.1, -0.05) is 0 Å². The van der Waals surface area contributed by atoms with Gasteiger partial charge in [0.1, 0.15) is 11.7 Å². The second-order valence-electron chi connectivity index (χ2n) is 6.94. The van der Waals surface area contributed by atoms with Crippen LogP contribution in [0.25, 0.3) is 0 Å². The summed E-state index contributed by atoms with van der Waals surface area (Å²) in [5.41, 5.74) is 9.40.